The Kier molecular flexibility index (Phi) is 4.71. The van der Waals surface area contributed by atoms with E-state index >= 15 is 0 Å². The standard InChI is InChI=1S/C13H17BrClNO/c1-2-11-9-17-6-5-16(11)13-4-3-10(8-15)7-12(13)14/h3-4,7,11H,2,5-6,8-9H2,1H3. The van der Waals surface area contributed by atoms with E-state index in [0.29, 0.717) is 11.9 Å². The molecular formula is C13H17BrClNO. The SMILES string of the molecule is CCC1COCCN1c1ccc(CCl)cc1Br. The van der Waals surface area contributed by atoms with Crippen LogP contribution in [0.1, 0.15) is 18.9 Å². The summed E-state index contributed by atoms with van der Waals surface area (Å²) in [7, 11) is 0. The van der Waals surface area contributed by atoms with Crippen LogP contribution in [0.3, 0.4) is 0 Å². The Morgan fingerprint density at radius 3 is 3.00 bits per heavy atom. The Labute approximate surface area is 116 Å². The molecule has 1 unspecified atom stereocenters. The van der Waals surface area contributed by atoms with Gasteiger partial charge in [-0.05, 0) is 40.0 Å². The van der Waals surface area contributed by atoms with Crippen LogP contribution in [0, 0.1) is 0 Å². The molecule has 17 heavy (non-hydrogen) atoms. The molecular weight excluding hydrogens is 302 g/mol. The highest BCUT2D eigenvalue weighted by Gasteiger charge is 2.23. The number of alkyl halides is 1. The monoisotopic (exact) mass is 317 g/mol. The Bertz CT molecular complexity index is 386. The molecule has 4 heteroatoms. The van der Waals surface area contributed by atoms with Crippen LogP contribution < -0.4 is 4.90 Å². The van der Waals surface area contributed by atoms with Gasteiger partial charge in [0.1, 0.15) is 0 Å². The molecule has 0 saturated carbocycles. The van der Waals surface area contributed by atoms with Crippen molar-refractivity contribution in [1.29, 1.82) is 0 Å². The lowest BCUT2D eigenvalue weighted by Gasteiger charge is -2.37. The van der Waals surface area contributed by atoms with Gasteiger partial charge in [-0.1, -0.05) is 13.0 Å². The first-order valence-corrected chi connectivity index (χ1v) is 7.27. The lowest BCUT2D eigenvalue weighted by atomic mass is 10.1. The second-order valence-electron chi connectivity index (χ2n) is 4.25. The maximum Gasteiger partial charge on any atom is 0.0670 e. The summed E-state index contributed by atoms with van der Waals surface area (Å²) >= 11 is 9.48. The van der Waals surface area contributed by atoms with Crippen molar-refractivity contribution in [3.63, 3.8) is 0 Å². The summed E-state index contributed by atoms with van der Waals surface area (Å²) in [5.41, 5.74) is 2.39. The fraction of sp³-hybridized carbons (Fsp3) is 0.538. The smallest absolute Gasteiger partial charge is 0.0670 e. The summed E-state index contributed by atoms with van der Waals surface area (Å²) < 4.78 is 6.65. The van der Waals surface area contributed by atoms with E-state index in [-0.39, 0.29) is 0 Å². The molecule has 1 atom stereocenters. The molecule has 1 aliphatic heterocycles. The third kappa shape index (κ3) is 2.95. The van der Waals surface area contributed by atoms with Crippen molar-refractivity contribution in [1.82, 2.24) is 0 Å². The quantitative estimate of drug-likeness (QED) is 0.786. The van der Waals surface area contributed by atoms with Crippen LogP contribution in [0.4, 0.5) is 5.69 Å². The molecule has 94 valence electrons. The number of anilines is 1. The van der Waals surface area contributed by atoms with Gasteiger partial charge in [0.25, 0.3) is 0 Å². The highest BCUT2D eigenvalue weighted by Crippen LogP contribution is 2.31. The molecule has 0 aromatic heterocycles. The average molecular weight is 319 g/mol. The van der Waals surface area contributed by atoms with Crippen molar-refractivity contribution in [2.24, 2.45) is 0 Å². The Morgan fingerprint density at radius 1 is 1.53 bits per heavy atom. The third-order valence-corrected chi connectivity index (χ3v) is 4.12. The minimum atomic E-state index is 0.474. The molecule has 2 nitrogen and oxygen atoms in total. The summed E-state index contributed by atoms with van der Waals surface area (Å²) in [6.45, 7) is 4.78. The molecule has 0 radical (unpaired) electrons. The van der Waals surface area contributed by atoms with Crippen LogP contribution in [-0.2, 0) is 10.6 Å². The third-order valence-electron chi connectivity index (χ3n) is 3.17. The van der Waals surface area contributed by atoms with Crippen LogP contribution in [0.25, 0.3) is 0 Å². The van der Waals surface area contributed by atoms with Gasteiger partial charge >= 0.3 is 0 Å². The zero-order valence-electron chi connectivity index (χ0n) is 9.96. The van der Waals surface area contributed by atoms with Crippen LogP contribution in [0.5, 0.6) is 0 Å². The van der Waals surface area contributed by atoms with Crippen molar-refractivity contribution in [3.05, 3.63) is 28.2 Å². The molecule has 0 aliphatic carbocycles. The molecule has 1 aromatic carbocycles. The van der Waals surface area contributed by atoms with Crippen LogP contribution in [0.15, 0.2) is 22.7 Å². The molecule has 0 spiro atoms. The summed E-state index contributed by atoms with van der Waals surface area (Å²) in [6, 6.07) is 6.82. The average Bonchev–Trinajstić information content (AvgIpc) is 2.38. The minimum absolute atomic E-state index is 0.474. The van der Waals surface area contributed by atoms with Crippen molar-refractivity contribution in [2.75, 3.05) is 24.7 Å². The maximum atomic E-state index is 5.84. The molecule has 0 amide bonds. The maximum absolute atomic E-state index is 5.84. The Morgan fingerprint density at radius 2 is 2.35 bits per heavy atom. The van der Waals surface area contributed by atoms with E-state index in [1.54, 1.807) is 0 Å². The van der Waals surface area contributed by atoms with E-state index in [1.807, 2.05) is 0 Å². The minimum Gasteiger partial charge on any atom is -0.377 e. The summed E-state index contributed by atoms with van der Waals surface area (Å²) in [6.07, 6.45) is 1.10. The molecule has 0 bridgehead atoms. The van der Waals surface area contributed by atoms with E-state index in [1.165, 1.54) is 5.69 Å². The lowest BCUT2D eigenvalue weighted by molar-refractivity contribution is 0.0929. The van der Waals surface area contributed by atoms with Gasteiger partial charge in [0.05, 0.1) is 24.9 Å². The van der Waals surface area contributed by atoms with E-state index in [2.05, 4.69) is 46.0 Å². The Balaban J connectivity index is 2.25. The lowest BCUT2D eigenvalue weighted by Crippen LogP contribution is -2.45. The highest BCUT2D eigenvalue weighted by atomic mass is 79.9. The number of hydrogen-bond donors (Lipinski definition) is 0. The zero-order chi connectivity index (χ0) is 12.3. The first-order chi connectivity index (χ1) is 8.26. The number of ether oxygens (including phenoxy) is 1. The number of nitrogens with zero attached hydrogens (tertiary/aromatic N) is 1. The van der Waals surface area contributed by atoms with Gasteiger partial charge in [0, 0.05) is 16.9 Å². The van der Waals surface area contributed by atoms with E-state index < -0.39 is 0 Å². The van der Waals surface area contributed by atoms with Crippen molar-refractivity contribution in [2.45, 2.75) is 25.3 Å². The molecule has 2 rings (SSSR count). The zero-order valence-corrected chi connectivity index (χ0v) is 12.3. The fourth-order valence-electron chi connectivity index (χ4n) is 2.18. The number of hydrogen-bond acceptors (Lipinski definition) is 2. The van der Waals surface area contributed by atoms with Gasteiger partial charge < -0.3 is 9.64 Å². The van der Waals surface area contributed by atoms with E-state index in [9.17, 15) is 0 Å². The summed E-state index contributed by atoms with van der Waals surface area (Å²) in [4.78, 5) is 2.42. The Hall–Kier alpha value is -0.250. The molecule has 1 fully saturated rings. The summed E-state index contributed by atoms with van der Waals surface area (Å²) in [5, 5.41) is 0. The molecule has 1 heterocycles. The van der Waals surface area contributed by atoms with Gasteiger partial charge in [0.15, 0.2) is 0 Å². The molecule has 1 saturated heterocycles. The van der Waals surface area contributed by atoms with Crippen molar-refractivity contribution < 1.29 is 4.74 Å². The molecule has 0 N–H and O–H groups in total. The number of rotatable bonds is 3. The predicted molar refractivity (Wildman–Crippen MR) is 75.9 cm³/mol. The number of morpholine rings is 1. The van der Waals surface area contributed by atoms with Crippen LogP contribution >= 0.6 is 27.5 Å². The second kappa shape index (κ2) is 6.07. The second-order valence-corrected chi connectivity index (χ2v) is 5.37. The predicted octanol–water partition coefficient (Wildman–Crippen LogP) is 3.80. The van der Waals surface area contributed by atoms with Crippen molar-refractivity contribution >= 4 is 33.2 Å². The largest absolute Gasteiger partial charge is 0.377 e. The highest BCUT2D eigenvalue weighted by molar-refractivity contribution is 9.10. The van der Waals surface area contributed by atoms with Crippen molar-refractivity contribution in [3.8, 4) is 0 Å². The number of benzene rings is 1. The van der Waals surface area contributed by atoms with E-state index in [0.717, 1.165) is 36.2 Å². The first kappa shape index (κ1) is 13.2. The molecule has 1 aliphatic rings. The summed E-state index contributed by atoms with van der Waals surface area (Å²) in [5.74, 6) is 0.555. The molecule has 1 aromatic rings. The fourth-order valence-corrected chi connectivity index (χ4v) is 3.00. The van der Waals surface area contributed by atoms with Crippen LogP contribution in [-0.4, -0.2) is 25.8 Å². The van der Waals surface area contributed by atoms with Gasteiger partial charge in [-0.2, -0.15) is 0 Å². The van der Waals surface area contributed by atoms with Gasteiger partial charge in [-0.3, -0.25) is 0 Å². The number of halogens is 2. The first-order valence-electron chi connectivity index (χ1n) is 5.95. The normalized spacial score (nSPS) is 20.6. The van der Waals surface area contributed by atoms with E-state index in [4.69, 9.17) is 16.3 Å². The van der Waals surface area contributed by atoms with Gasteiger partial charge in [-0.25, -0.2) is 0 Å². The topological polar surface area (TPSA) is 12.5 Å². The van der Waals surface area contributed by atoms with Gasteiger partial charge in [0.2, 0.25) is 0 Å². The van der Waals surface area contributed by atoms with Crippen LogP contribution in [0.2, 0.25) is 0 Å². The van der Waals surface area contributed by atoms with Gasteiger partial charge in [-0.15, -0.1) is 11.6 Å².